The monoisotopic (exact) mass is 456 g/mol. The van der Waals surface area contributed by atoms with Crippen LogP contribution in [0.15, 0.2) is 90.6 Å². The maximum Gasteiger partial charge on any atom is 0.416 e. The van der Waals surface area contributed by atoms with Crippen LogP contribution in [0.4, 0.5) is 18.9 Å². The average Bonchev–Trinajstić information content (AvgIpc) is 3.10. The fourth-order valence-electron chi connectivity index (χ4n) is 3.75. The second-order valence-electron chi connectivity index (χ2n) is 7.58. The highest BCUT2D eigenvalue weighted by Crippen LogP contribution is 2.38. The lowest BCUT2D eigenvalue weighted by molar-refractivity contribution is -0.137. The number of hydrogen-bond donors (Lipinski definition) is 1. The maximum atomic E-state index is 13.4. The summed E-state index contributed by atoms with van der Waals surface area (Å²) in [7, 11) is 0. The number of nitrogens with one attached hydrogen (secondary N) is 1. The summed E-state index contributed by atoms with van der Waals surface area (Å²) in [4.78, 5) is 14.8. The molecule has 1 amide bonds. The molecule has 1 heterocycles. The molecule has 1 N–H and O–H groups in total. The Morgan fingerprint density at radius 1 is 0.969 bits per heavy atom. The van der Waals surface area contributed by atoms with E-state index in [1.54, 1.807) is 24.3 Å². The van der Waals surface area contributed by atoms with Crippen LogP contribution in [0.3, 0.4) is 0 Å². The van der Waals surface area contributed by atoms with Crippen LogP contribution in [0, 0.1) is 0 Å². The van der Waals surface area contributed by atoms with E-state index in [0.29, 0.717) is 16.4 Å². The zero-order valence-corrected chi connectivity index (χ0v) is 17.9. The number of carbonyl (C=O) groups excluding carboxylic acids is 1. The van der Waals surface area contributed by atoms with Crippen LogP contribution in [0.25, 0.3) is 0 Å². The van der Waals surface area contributed by atoms with Gasteiger partial charge in [0, 0.05) is 16.8 Å². The van der Waals surface area contributed by atoms with E-state index in [9.17, 15) is 18.0 Å². The van der Waals surface area contributed by atoms with Gasteiger partial charge in [-0.15, -0.1) is 0 Å². The van der Waals surface area contributed by atoms with Gasteiger partial charge in [0.15, 0.2) is 0 Å². The van der Waals surface area contributed by atoms with E-state index in [-0.39, 0.29) is 11.9 Å². The lowest BCUT2D eigenvalue weighted by Crippen LogP contribution is -2.33. The standard InChI is InChI=1S/C25H20ClF3N2O/c1-16(17-6-3-2-4-7-17)30-22-15-23(18-8-5-9-20(26)14-18)31(24(22)32)21-12-10-19(11-13-21)25(27,28)29/h2-16,23,30H,1H3. The highest BCUT2D eigenvalue weighted by molar-refractivity contribution is 6.30. The minimum atomic E-state index is -4.45. The molecule has 2 unspecified atom stereocenters. The summed E-state index contributed by atoms with van der Waals surface area (Å²) in [5.41, 5.74) is 1.75. The van der Waals surface area contributed by atoms with Crippen molar-refractivity contribution in [2.75, 3.05) is 4.90 Å². The molecule has 0 saturated heterocycles. The van der Waals surface area contributed by atoms with Gasteiger partial charge >= 0.3 is 6.18 Å². The third-order valence-electron chi connectivity index (χ3n) is 5.39. The molecule has 164 valence electrons. The molecule has 1 aliphatic heterocycles. The molecule has 1 aliphatic rings. The van der Waals surface area contributed by atoms with Gasteiger partial charge in [-0.05, 0) is 60.5 Å². The van der Waals surface area contributed by atoms with Gasteiger partial charge in [0.05, 0.1) is 17.3 Å². The highest BCUT2D eigenvalue weighted by atomic mass is 35.5. The van der Waals surface area contributed by atoms with Gasteiger partial charge < -0.3 is 5.32 Å². The first-order valence-electron chi connectivity index (χ1n) is 10.0. The Morgan fingerprint density at radius 2 is 1.66 bits per heavy atom. The van der Waals surface area contributed by atoms with Crippen LogP contribution in [0.1, 0.15) is 35.7 Å². The van der Waals surface area contributed by atoms with E-state index in [1.165, 1.54) is 17.0 Å². The first-order valence-corrected chi connectivity index (χ1v) is 10.4. The van der Waals surface area contributed by atoms with Crippen LogP contribution >= 0.6 is 11.6 Å². The fraction of sp³-hybridized carbons (Fsp3) is 0.160. The molecular weight excluding hydrogens is 437 g/mol. The van der Waals surface area contributed by atoms with Gasteiger partial charge in [0.2, 0.25) is 0 Å². The third kappa shape index (κ3) is 4.50. The first kappa shape index (κ1) is 22.0. The Hall–Kier alpha value is -3.25. The Bertz CT molecular complexity index is 1140. The molecule has 0 saturated carbocycles. The Labute approximate surface area is 189 Å². The van der Waals surface area contributed by atoms with Crippen molar-refractivity contribution in [3.63, 3.8) is 0 Å². The molecule has 0 aromatic heterocycles. The van der Waals surface area contributed by atoms with Gasteiger partial charge in [-0.25, -0.2) is 0 Å². The number of rotatable bonds is 5. The molecule has 0 aliphatic carbocycles. The predicted molar refractivity (Wildman–Crippen MR) is 119 cm³/mol. The number of benzene rings is 3. The smallest absolute Gasteiger partial charge is 0.374 e. The Morgan fingerprint density at radius 3 is 2.28 bits per heavy atom. The molecule has 3 aromatic carbocycles. The summed E-state index contributed by atoms with van der Waals surface area (Å²) >= 11 is 6.16. The van der Waals surface area contributed by atoms with E-state index in [1.807, 2.05) is 43.3 Å². The van der Waals surface area contributed by atoms with Gasteiger partial charge in [0.1, 0.15) is 0 Å². The zero-order valence-electron chi connectivity index (χ0n) is 17.1. The van der Waals surface area contributed by atoms with Crippen molar-refractivity contribution in [3.8, 4) is 0 Å². The average molecular weight is 457 g/mol. The summed E-state index contributed by atoms with van der Waals surface area (Å²) in [6, 6.07) is 20.7. The third-order valence-corrected chi connectivity index (χ3v) is 5.62. The topological polar surface area (TPSA) is 32.3 Å². The first-order chi connectivity index (χ1) is 15.2. The normalized spacial score (nSPS) is 17.3. The number of carbonyl (C=O) groups is 1. The molecule has 2 atom stereocenters. The predicted octanol–water partition coefficient (Wildman–Crippen LogP) is 6.68. The summed E-state index contributed by atoms with van der Waals surface area (Å²) < 4.78 is 39.0. The number of alkyl halides is 3. The number of halogens is 4. The van der Waals surface area contributed by atoms with Crippen molar-refractivity contribution in [1.29, 1.82) is 0 Å². The number of hydrogen-bond acceptors (Lipinski definition) is 2. The SMILES string of the molecule is CC(NC1=CC(c2cccc(Cl)c2)N(c2ccc(C(F)(F)F)cc2)C1=O)c1ccccc1. The van der Waals surface area contributed by atoms with E-state index in [2.05, 4.69) is 5.32 Å². The molecule has 3 nitrogen and oxygen atoms in total. The Kier molecular flexibility index (Phi) is 5.98. The van der Waals surface area contributed by atoms with E-state index in [4.69, 9.17) is 11.6 Å². The van der Waals surface area contributed by atoms with Gasteiger partial charge in [0.25, 0.3) is 5.91 Å². The van der Waals surface area contributed by atoms with Crippen LogP contribution in [-0.2, 0) is 11.0 Å². The molecule has 4 rings (SSSR count). The van der Waals surface area contributed by atoms with Crippen molar-refractivity contribution < 1.29 is 18.0 Å². The maximum absolute atomic E-state index is 13.4. The van der Waals surface area contributed by atoms with Crippen LogP contribution in [0.2, 0.25) is 5.02 Å². The lowest BCUT2D eigenvalue weighted by Gasteiger charge is -2.26. The lowest BCUT2D eigenvalue weighted by atomic mass is 10.1. The van der Waals surface area contributed by atoms with E-state index in [0.717, 1.165) is 23.3 Å². The molecule has 0 bridgehead atoms. The second-order valence-corrected chi connectivity index (χ2v) is 8.01. The summed E-state index contributed by atoms with van der Waals surface area (Å²) in [5.74, 6) is -0.322. The van der Waals surface area contributed by atoms with Gasteiger partial charge in [-0.1, -0.05) is 54.1 Å². The van der Waals surface area contributed by atoms with Gasteiger partial charge in [-0.3, -0.25) is 9.69 Å². The quantitative estimate of drug-likeness (QED) is 0.464. The zero-order chi connectivity index (χ0) is 22.9. The largest absolute Gasteiger partial charge is 0.416 e. The fourth-order valence-corrected chi connectivity index (χ4v) is 3.95. The minimum Gasteiger partial charge on any atom is -0.374 e. The van der Waals surface area contributed by atoms with Gasteiger partial charge in [-0.2, -0.15) is 13.2 Å². The minimum absolute atomic E-state index is 0.140. The van der Waals surface area contributed by atoms with Crippen molar-refractivity contribution in [2.45, 2.75) is 25.2 Å². The summed E-state index contributed by atoms with van der Waals surface area (Å²) in [5, 5.41) is 3.76. The highest BCUT2D eigenvalue weighted by Gasteiger charge is 2.36. The number of amides is 1. The summed E-state index contributed by atoms with van der Waals surface area (Å²) in [6.07, 6.45) is -2.67. The number of nitrogens with zero attached hydrogens (tertiary/aromatic N) is 1. The molecule has 0 fully saturated rings. The van der Waals surface area contributed by atoms with Crippen molar-refractivity contribution in [2.24, 2.45) is 0 Å². The van der Waals surface area contributed by atoms with Crippen molar-refractivity contribution >= 4 is 23.2 Å². The molecule has 0 spiro atoms. The molecule has 0 radical (unpaired) electrons. The molecular formula is C25H20ClF3N2O. The Balaban J connectivity index is 1.69. The number of anilines is 1. The molecule has 3 aromatic rings. The summed E-state index contributed by atoms with van der Waals surface area (Å²) in [6.45, 7) is 1.94. The van der Waals surface area contributed by atoms with Crippen molar-refractivity contribution in [3.05, 3.63) is 112 Å². The van der Waals surface area contributed by atoms with Crippen LogP contribution in [0.5, 0.6) is 0 Å². The molecule has 32 heavy (non-hydrogen) atoms. The van der Waals surface area contributed by atoms with E-state index < -0.39 is 17.8 Å². The molecule has 7 heteroatoms. The van der Waals surface area contributed by atoms with Crippen LogP contribution in [-0.4, -0.2) is 5.91 Å². The van der Waals surface area contributed by atoms with Crippen molar-refractivity contribution in [1.82, 2.24) is 5.32 Å². The van der Waals surface area contributed by atoms with E-state index >= 15 is 0 Å². The van der Waals surface area contributed by atoms with Crippen LogP contribution < -0.4 is 10.2 Å². The second kappa shape index (κ2) is 8.71.